The Kier molecular flexibility index (Phi) is 7.70. The van der Waals surface area contributed by atoms with Crippen LogP contribution in [0.3, 0.4) is 0 Å². The number of nitrogens with one attached hydrogen (secondary N) is 2. The van der Waals surface area contributed by atoms with Gasteiger partial charge >= 0.3 is 12.3 Å². The lowest BCUT2D eigenvalue weighted by Gasteiger charge is -2.21. The summed E-state index contributed by atoms with van der Waals surface area (Å²) in [6, 6.07) is 5.56. The molecule has 1 atom stereocenters. The fourth-order valence-electron chi connectivity index (χ4n) is 3.24. The lowest BCUT2D eigenvalue weighted by atomic mass is 9.99. The van der Waals surface area contributed by atoms with E-state index < -0.39 is 29.8 Å². The van der Waals surface area contributed by atoms with Crippen LogP contribution in [-0.2, 0) is 19.6 Å². The SMILES string of the molecule is Cn1ncc(Br)c1-c1cc(C(=O)N[C@@H](CNC(=O)O)Cc2ccccc2C(F)(F)F)sc1Cl. The first-order valence-corrected chi connectivity index (χ1v) is 11.4. The van der Waals surface area contributed by atoms with Crippen molar-refractivity contribution in [2.24, 2.45) is 7.05 Å². The van der Waals surface area contributed by atoms with Gasteiger partial charge in [0.05, 0.1) is 32.8 Å². The molecule has 2 heterocycles. The quantitative estimate of drug-likeness (QED) is 0.367. The summed E-state index contributed by atoms with van der Waals surface area (Å²) < 4.78 is 42.7. The van der Waals surface area contributed by atoms with Gasteiger partial charge in [-0.2, -0.15) is 18.3 Å². The van der Waals surface area contributed by atoms with Gasteiger partial charge in [0.15, 0.2) is 0 Å². The number of halogens is 5. The maximum atomic E-state index is 13.4. The first-order valence-electron chi connectivity index (χ1n) is 9.37. The highest BCUT2D eigenvalue weighted by molar-refractivity contribution is 9.10. The molecule has 0 aliphatic heterocycles. The Morgan fingerprint density at radius 1 is 1.33 bits per heavy atom. The average molecular weight is 566 g/mol. The van der Waals surface area contributed by atoms with Gasteiger partial charge in [-0.25, -0.2) is 4.79 Å². The van der Waals surface area contributed by atoms with Crippen molar-refractivity contribution in [2.45, 2.75) is 18.6 Å². The fourth-order valence-corrected chi connectivity index (χ4v) is 4.98. The van der Waals surface area contributed by atoms with Crippen LogP contribution in [-0.4, -0.2) is 39.5 Å². The van der Waals surface area contributed by atoms with Crippen LogP contribution in [0.15, 0.2) is 41.0 Å². The van der Waals surface area contributed by atoms with Gasteiger partial charge in [0.1, 0.15) is 4.34 Å². The van der Waals surface area contributed by atoms with E-state index in [0.29, 0.717) is 20.1 Å². The molecule has 176 valence electrons. The van der Waals surface area contributed by atoms with E-state index in [2.05, 4.69) is 31.7 Å². The average Bonchev–Trinajstić information content (AvgIpc) is 3.27. The lowest BCUT2D eigenvalue weighted by Crippen LogP contribution is -2.44. The minimum atomic E-state index is -4.59. The van der Waals surface area contributed by atoms with Crippen LogP contribution in [0.2, 0.25) is 4.34 Å². The van der Waals surface area contributed by atoms with Gasteiger partial charge in [-0.1, -0.05) is 29.8 Å². The molecule has 1 aromatic carbocycles. The van der Waals surface area contributed by atoms with Gasteiger partial charge < -0.3 is 15.7 Å². The number of rotatable bonds is 7. The summed E-state index contributed by atoms with van der Waals surface area (Å²) in [6.45, 7) is -0.285. The zero-order chi connectivity index (χ0) is 24.3. The van der Waals surface area contributed by atoms with E-state index in [4.69, 9.17) is 16.7 Å². The minimum absolute atomic E-state index is 0.0637. The van der Waals surface area contributed by atoms with Crippen LogP contribution < -0.4 is 10.6 Å². The molecular weight excluding hydrogens is 549 g/mol. The molecule has 0 aliphatic carbocycles. The Hall–Kier alpha value is -2.57. The number of hydrogen-bond donors (Lipinski definition) is 3. The molecule has 0 fully saturated rings. The summed E-state index contributed by atoms with van der Waals surface area (Å²) in [7, 11) is 1.71. The monoisotopic (exact) mass is 564 g/mol. The Morgan fingerprint density at radius 3 is 2.64 bits per heavy atom. The summed E-state index contributed by atoms with van der Waals surface area (Å²) in [6.07, 6.45) is -4.60. The molecule has 0 saturated carbocycles. The van der Waals surface area contributed by atoms with E-state index >= 15 is 0 Å². The molecule has 7 nitrogen and oxygen atoms in total. The maximum absolute atomic E-state index is 13.4. The number of amides is 2. The number of carbonyl (C=O) groups is 2. The summed E-state index contributed by atoms with van der Waals surface area (Å²) in [5.74, 6) is -0.590. The smallest absolute Gasteiger partial charge is 0.416 e. The second-order valence-corrected chi connectivity index (χ2v) is 9.49. The number of aryl methyl sites for hydroxylation is 1. The standard InChI is InChI=1S/C20H17BrClF3N4O3S/c1-29-16(14(21)9-27-29)12-7-15(33-17(12)22)18(30)28-11(8-26-19(31)32)6-10-4-2-3-5-13(10)20(23,24)25/h2-5,7,9,11,26H,6,8H2,1H3,(H,28,30)(H,31,32)/t11-/m1/s1. The first kappa shape index (κ1) is 25.1. The summed E-state index contributed by atoms with van der Waals surface area (Å²) in [5.41, 5.74) is 0.299. The van der Waals surface area contributed by atoms with Crippen molar-refractivity contribution in [1.82, 2.24) is 20.4 Å². The largest absolute Gasteiger partial charge is 0.465 e. The van der Waals surface area contributed by atoms with E-state index in [1.807, 2.05) is 0 Å². The van der Waals surface area contributed by atoms with Crippen LogP contribution in [0, 0.1) is 0 Å². The summed E-state index contributed by atoms with van der Waals surface area (Å²) in [4.78, 5) is 24.1. The van der Waals surface area contributed by atoms with Crippen molar-refractivity contribution < 1.29 is 27.9 Å². The number of hydrogen-bond acceptors (Lipinski definition) is 4. The molecule has 0 radical (unpaired) electrons. The van der Waals surface area contributed by atoms with Crippen molar-refractivity contribution in [3.05, 3.63) is 61.3 Å². The second kappa shape index (κ2) is 10.1. The van der Waals surface area contributed by atoms with E-state index in [0.717, 1.165) is 17.4 Å². The lowest BCUT2D eigenvalue weighted by molar-refractivity contribution is -0.138. The minimum Gasteiger partial charge on any atom is -0.465 e. The molecule has 0 bridgehead atoms. The zero-order valence-corrected chi connectivity index (χ0v) is 20.1. The third-order valence-electron chi connectivity index (χ3n) is 4.68. The number of carbonyl (C=O) groups excluding carboxylic acids is 1. The summed E-state index contributed by atoms with van der Waals surface area (Å²) in [5, 5.41) is 17.8. The molecule has 0 saturated heterocycles. The van der Waals surface area contributed by atoms with E-state index in [1.54, 1.807) is 24.0 Å². The third-order valence-corrected chi connectivity index (χ3v) is 6.62. The summed E-state index contributed by atoms with van der Waals surface area (Å²) >= 11 is 10.7. The number of carboxylic acid groups (broad SMARTS) is 1. The number of aromatic nitrogens is 2. The highest BCUT2D eigenvalue weighted by Crippen LogP contribution is 2.39. The molecule has 3 N–H and O–H groups in total. The predicted octanol–water partition coefficient (Wildman–Crippen LogP) is 5.19. The third kappa shape index (κ3) is 6.06. The first-order chi connectivity index (χ1) is 15.5. The van der Waals surface area contributed by atoms with Gasteiger partial charge in [-0.3, -0.25) is 9.48 Å². The van der Waals surface area contributed by atoms with E-state index in [1.165, 1.54) is 18.2 Å². The van der Waals surface area contributed by atoms with Crippen molar-refractivity contribution >= 4 is 50.9 Å². The molecule has 3 rings (SSSR count). The Balaban J connectivity index is 1.85. The van der Waals surface area contributed by atoms with Crippen molar-refractivity contribution in [3.63, 3.8) is 0 Å². The van der Waals surface area contributed by atoms with Gasteiger partial charge in [-0.05, 0) is 40.0 Å². The van der Waals surface area contributed by atoms with Gasteiger partial charge in [0.25, 0.3) is 5.91 Å². The van der Waals surface area contributed by atoms with Crippen molar-refractivity contribution in [1.29, 1.82) is 0 Å². The number of benzene rings is 1. The fraction of sp³-hybridized carbons (Fsp3) is 0.250. The molecule has 3 aromatic rings. The van der Waals surface area contributed by atoms with Gasteiger partial charge in [-0.15, -0.1) is 11.3 Å². The second-order valence-electron chi connectivity index (χ2n) is 6.98. The molecule has 0 aliphatic rings. The molecule has 33 heavy (non-hydrogen) atoms. The molecule has 13 heteroatoms. The van der Waals surface area contributed by atoms with Crippen LogP contribution in [0.5, 0.6) is 0 Å². The molecular formula is C20H17BrClF3N4O3S. The van der Waals surface area contributed by atoms with Crippen molar-refractivity contribution in [2.75, 3.05) is 6.54 Å². The number of thiophene rings is 1. The van der Waals surface area contributed by atoms with Gasteiger partial charge in [0.2, 0.25) is 0 Å². The zero-order valence-electron chi connectivity index (χ0n) is 16.9. The van der Waals surface area contributed by atoms with Crippen LogP contribution in [0.4, 0.5) is 18.0 Å². The highest BCUT2D eigenvalue weighted by atomic mass is 79.9. The Bertz CT molecular complexity index is 1160. The molecule has 0 spiro atoms. The van der Waals surface area contributed by atoms with Crippen LogP contribution in [0.1, 0.15) is 20.8 Å². The molecule has 2 aromatic heterocycles. The highest BCUT2D eigenvalue weighted by Gasteiger charge is 2.33. The Labute approximate surface area is 203 Å². The van der Waals surface area contributed by atoms with Crippen molar-refractivity contribution in [3.8, 4) is 11.3 Å². The molecule has 0 unspecified atom stereocenters. The molecule has 2 amide bonds. The predicted molar refractivity (Wildman–Crippen MR) is 122 cm³/mol. The van der Waals surface area contributed by atoms with Gasteiger partial charge in [0, 0.05) is 19.2 Å². The van der Waals surface area contributed by atoms with E-state index in [-0.39, 0.29) is 23.4 Å². The Morgan fingerprint density at radius 2 is 2.03 bits per heavy atom. The normalized spacial score (nSPS) is 12.4. The number of nitrogens with zero attached hydrogens (tertiary/aromatic N) is 2. The number of alkyl halides is 3. The van der Waals surface area contributed by atoms with E-state index in [9.17, 15) is 22.8 Å². The van der Waals surface area contributed by atoms with Crippen LogP contribution in [0.25, 0.3) is 11.3 Å². The van der Waals surface area contributed by atoms with Crippen LogP contribution >= 0.6 is 38.9 Å². The topological polar surface area (TPSA) is 96.3 Å². The maximum Gasteiger partial charge on any atom is 0.416 e.